The van der Waals surface area contributed by atoms with E-state index in [9.17, 15) is 8.42 Å². The van der Waals surface area contributed by atoms with Crippen LogP contribution in [-0.2, 0) is 10.0 Å². The molecule has 0 aliphatic carbocycles. The molecule has 0 N–H and O–H groups in total. The van der Waals surface area contributed by atoms with E-state index in [4.69, 9.17) is 0 Å². The number of benzene rings is 1. The number of hydrogen-bond donors (Lipinski definition) is 0. The Kier molecular flexibility index (Phi) is 4.66. The fourth-order valence-corrected chi connectivity index (χ4v) is 5.59. The topological polar surface area (TPSA) is 37.4 Å². The molecule has 1 fully saturated rings. The van der Waals surface area contributed by atoms with Gasteiger partial charge < -0.3 is 0 Å². The molecule has 118 valence electrons. The van der Waals surface area contributed by atoms with Crippen molar-refractivity contribution in [3.8, 4) is 0 Å². The first kappa shape index (κ1) is 15.7. The second kappa shape index (κ2) is 6.52. The number of thiophene rings is 1. The minimum absolute atomic E-state index is 0.0196. The van der Waals surface area contributed by atoms with Gasteiger partial charge in [-0.05, 0) is 43.3 Å². The van der Waals surface area contributed by atoms with E-state index >= 15 is 0 Å². The van der Waals surface area contributed by atoms with Gasteiger partial charge in [-0.25, -0.2) is 8.42 Å². The summed E-state index contributed by atoms with van der Waals surface area (Å²) >= 11 is 1.65. The zero-order chi connectivity index (χ0) is 15.6. The molecule has 5 heteroatoms. The minimum Gasteiger partial charge on any atom is -0.207 e. The average molecular weight is 335 g/mol. The predicted octanol–water partition coefficient (Wildman–Crippen LogP) is 4.36. The third-order valence-electron chi connectivity index (χ3n) is 4.20. The normalized spacial score (nSPS) is 20.7. The van der Waals surface area contributed by atoms with Crippen LogP contribution in [0.1, 0.15) is 42.2 Å². The molecule has 1 saturated heterocycles. The Hall–Kier alpha value is -1.17. The Labute approximate surface area is 136 Å². The van der Waals surface area contributed by atoms with Gasteiger partial charge in [0.1, 0.15) is 0 Å². The van der Waals surface area contributed by atoms with E-state index in [1.54, 1.807) is 27.8 Å². The summed E-state index contributed by atoms with van der Waals surface area (Å²) in [5.74, 6) is 0. The highest BCUT2D eigenvalue weighted by atomic mass is 32.2. The molecule has 0 unspecified atom stereocenters. The van der Waals surface area contributed by atoms with Gasteiger partial charge >= 0.3 is 0 Å². The summed E-state index contributed by atoms with van der Waals surface area (Å²) in [7, 11) is -3.44. The first-order chi connectivity index (χ1) is 10.6. The summed E-state index contributed by atoms with van der Waals surface area (Å²) in [6.45, 7) is 2.58. The minimum atomic E-state index is -3.44. The van der Waals surface area contributed by atoms with Crippen LogP contribution < -0.4 is 0 Å². The molecule has 1 aromatic heterocycles. The Morgan fingerprint density at radius 3 is 2.55 bits per heavy atom. The van der Waals surface area contributed by atoms with Crippen molar-refractivity contribution in [1.29, 1.82) is 0 Å². The SMILES string of the molecule is Cc1ccc(S(=O)(=O)N2CCCCC[C@H]2c2cccs2)cc1. The van der Waals surface area contributed by atoms with Crippen LogP contribution in [0.4, 0.5) is 0 Å². The Morgan fingerprint density at radius 2 is 1.86 bits per heavy atom. The highest BCUT2D eigenvalue weighted by molar-refractivity contribution is 7.89. The first-order valence-electron chi connectivity index (χ1n) is 7.71. The Morgan fingerprint density at radius 1 is 1.09 bits per heavy atom. The third kappa shape index (κ3) is 3.12. The molecule has 0 spiro atoms. The van der Waals surface area contributed by atoms with Gasteiger partial charge in [-0.3, -0.25) is 0 Å². The van der Waals surface area contributed by atoms with Crippen LogP contribution in [0, 0.1) is 6.92 Å². The molecule has 0 radical (unpaired) electrons. The number of sulfonamides is 1. The first-order valence-corrected chi connectivity index (χ1v) is 10.0. The molecule has 3 nitrogen and oxygen atoms in total. The van der Waals surface area contributed by atoms with Crippen LogP contribution in [0.2, 0.25) is 0 Å². The van der Waals surface area contributed by atoms with Crippen molar-refractivity contribution in [2.45, 2.75) is 43.5 Å². The third-order valence-corrected chi connectivity index (χ3v) is 7.10. The van der Waals surface area contributed by atoms with Gasteiger partial charge in [0, 0.05) is 11.4 Å². The van der Waals surface area contributed by atoms with Gasteiger partial charge in [-0.15, -0.1) is 11.3 Å². The number of aryl methyl sites for hydroxylation is 1. The molecule has 0 bridgehead atoms. The molecule has 0 saturated carbocycles. The van der Waals surface area contributed by atoms with E-state index < -0.39 is 10.0 Å². The van der Waals surface area contributed by atoms with E-state index in [-0.39, 0.29) is 6.04 Å². The molecular formula is C17H21NO2S2. The highest BCUT2D eigenvalue weighted by Gasteiger charge is 2.33. The van der Waals surface area contributed by atoms with Crippen molar-refractivity contribution in [2.75, 3.05) is 6.54 Å². The Bertz CT molecular complexity index is 706. The molecule has 3 rings (SSSR count). The van der Waals surface area contributed by atoms with Crippen LogP contribution in [0.25, 0.3) is 0 Å². The summed E-state index contributed by atoms with van der Waals surface area (Å²) in [6, 6.07) is 11.2. The molecule has 1 atom stereocenters. The van der Waals surface area contributed by atoms with Crippen LogP contribution in [-0.4, -0.2) is 19.3 Å². The van der Waals surface area contributed by atoms with E-state index in [0.29, 0.717) is 11.4 Å². The van der Waals surface area contributed by atoms with Crippen LogP contribution in [0.5, 0.6) is 0 Å². The highest BCUT2D eigenvalue weighted by Crippen LogP contribution is 2.36. The molecular weight excluding hydrogens is 314 g/mol. The zero-order valence-electron chi connectivity index (χ0n) is 12.7. The van der Waals surface area contributed by atoms with Crippen molar-refractivity contribution in [3.05, 3.63) is 52.2 Å². The molecule has 22 heavy (non-hydrogen) atoms. The van der Waals surface area contributed by atoms with Crippen molar-refractivity contribution in [3.63, 3.8) is 0 Å². The average Bonchev–Trinajstić information content (AvgIpc) is 2.91. The van der Waals surface area contributed by atoms with Crippen LogP contribution in [0.3, 0.4) is 0 Å². The fraction of sp³-hybridized carbons (Fsp3) is 0.412. The second-order valence-corrected chi connectivity index (χ2v) is 8.68. The van der Waals surface area contributed by atoms with Gasteiger partial charge in [0.2, 0.25) is 10.0 Å². The van der Waals surface area contributed by atoms with Crippen LogP contribution >= 0.6 is 11.3 Å². The molecule has 2 heterocycles. The van der Waals surface area contributed by atoms with Gasteiger partial charge in [0.25, 0.3) is 0 Å². The lowest BCUT2D eigenvalue weighted by molar-refractivity contribution is 0.333. The summed E-state index contributed by atoms with van der Waals surface area (Å²) in [4.78, 5) is 1.55. The van der Waals surface area contributed by atoms with Gasteiger partial charge in [0.15, 0.2) is 0 Å². The van der Waals surface area contributed by atoms with Crippen molar-refractivity contribution in [1.82, 2.24) is 4.31 Å². The summed E-state index contributed by atoms with van der Waals surface area (Å²) in [5.41, 5.74) is 1.07. The fourth-order valence-electron chi connectivity index (χ4n) is 2.98. The van der Waals surface area contributed by atoms with E-state index in [1.807, 2.05) is 30.5 Å². The summed E-state index contributed by atoms with van der Waals surface area (Å²) < 4.78 is 27.9. The monoisotopic (exact) mass is 335 g/mol. The lowest BCUT2D eigenvalue weighted by Crippen LogP contribution is -2.34. The summed E-state index contributed by atoms with van der Waals surface area (Å²) in [5, 5.41) is 2.02. The lowest BCUT2D eigenvalue weighted by Gasteiger charge is -2.28. The Balaban J connectivity index is 1.99. The van der Waals surface area contributed by atoms with E-state index in [1.165, 1.54) is 0 Å². The molecule has 1 aromatic carbocycles. The largest absolute Gasteiger partial charge is 0.243 e. The quantitative estimate of drug-likeness (QED) is 0.835. The van der Waals surface area contributed by atoms with E-state index in [0.717, 1.165) is 36.1 Å². The van der Waals surface area contributed by atoms with Gasteiger partial charge in [0.05, 0.1) is 10.9 Å². The maximum atomic E-state index is 13.1. The lowest BCUT2D eigenvalue weighted by atomic mass is 10.1. The van der Waals surface area contributed by atoms with Crippen molar-refractivity contribution < 1.29 is 8.42 Å². The zero-order valence-corrected chi connectivity index (χ0v) is 14.4. The van der Waals surface area contributed by atoms with Crippen molar-refractivity contribution >= 4 is 21.4 Å². The second-order valence-electron chi connectivity index (χ2n) is 5.81. The molecule has 1 aliphatic heterocycles. The predicted molar refractivity (Wildman–Crippen MR) is 90.6 cm³/mol. The number of hydrogen-bond acceptors (Lipinski definition) is 3. The smallest absolute Gasteiger partial charge is 0.207 e. The van der Waals surface area contributed by atoms with E-state index in [2.05, 4.69) is 6.07 Å². The molecule has 2 aromatic rings. The van der Waals surface area contributed by atoms with Crippen LogP contribution in [0.15, 0.2) is 46.7 Å². The molecule has 1 aliphatic rings. The van der Waals surface area contributed by atoms with Gasteiger partial charge in [-0.2, -0.15) is 4.31 Å². The number of nitrogens with zero attached hydrogens (tertiary/aromatic N) is 1. The maximum absolute atomic E-state index is 13.1. The summed E-state index contributed by atoms with van der Waals surface area (Å²) in [6.07, 6.45) is 4.03. The number of rotatable bonds is 3. The standard InChI is InChI=1S/C17H21NO2S2/c1-14-8-10-15(11-9-14)22(19,20)18-12-4-2-3-6-16(18)17-7-5-13-21-17/h5,7-11,13,16H,2-4,6,12H2,1H3/t16-/m0/s1. The maximum Gasteiger partial charge on any atom is 0.243 e. The van der Waals surface area contributed by atoms with Crippen molar-refractivity contribution in [2.24, 2.45) is 0 Å². The molecule has 0 amide bonds. The van der Waals surface area contributed by atoms with Gasteiger partial charge in [-0.1, -0.05) is 36.6 Å².